The topological polar surface area (TPSA) is 123 Å². The van der Waals surface area contributed by atoms with E-state index in [1.807, 2.05) is 6.92 Å². The minimum Gasteiger partial charge on any atom is -0.337 e. The van der Waals surface area contributed by atoms with Gasteiger partial charge in [0.25, 0.3) is 0 Å². The second-order valence-electron chi connectivity index (χ2n) is 1.23. The van der Waals surface area contributed by atoms with Crippen molar-refractivity contribution in [3.63, 3.8) is 0 Å². The van der Waals surface area contributed by atoms with Gasteiger partial charge in [-0.05, 0) is 0 Å². The Bertz CT molecular complexity index is 110. The van der Waals surface area contributed by atoms with Crippen LogP contribution in [0.5, 0.6) is 0 Å². The molecular weight excluding hydrogens is 146 g/mol. The summed E-state index contributed by atoms with van der Waals surface area (Å²) in [6, 6.07) is 0. The summed E-state index contributed by atoms with van der Waals surface area (Å²) < 4.78 is 0. The van der Waals surface area contributed by atoms with Crippen LogP contribution >= 0.6 is 0 Å². The second-order valence-corrected chi connectivity index (χ2v) is 1.23. The highest BCUT2D eigenvalue weighted by Crippen LogP contribution is 1.62. The van der Waals surface area contributed by atoms with E-state index in [0.29, 0.717) is 6.54 Å². The third-order valence-electron chi connectivity index (χ3n) is 0.458. The minimum absolute atomic E-state index is 0.694. The quantitative estimate of drug-likeness (QED) is 0.261. The fourth-order valence-corrected chi connectivity index (χ4v) is 0. The van der Waals surface area contributed by atoms with Crippen LogP contribution < -0.4 is 11.5 Å². The number of rotatable bonds is 1. The molecule has 64 valence electrons. The van der Waals surface area contributed by atoms with E-state index < -0.39 is 0 Å². The van der Waals surface area contributed by atoms with Crippen LogP contribution in [-0.2, 0) is 0 Å². The molecule has 0 unspecified atom stereocenters. The molecule has 0 aromatic carbocycles. The van der Waals surface area contributed by atoms with Crippen molar-refractivity contribution in [2.24, 2.45) is 11.5 Å². The van der Waals surface area contributed by atoms with Gasteiger partial charge in [-0.2, -0.15) is 15.6 Å². The molecule has 5 N–H and O–H groups in total. The largest absolute Gasteiger partial charge is 0.337 e. The maximum Gasteiger partial charge on any atom is 0.173 e. The molecule has 0 spiro atoms. The smallest absolute Gasteiger partial charge is 0.173 e. The number of nitrogens with two attached hydrogens (primary N) is 2. The molecule has 6 heteroatoms. The molecule has 0 bridgehead atoms. The molecule has 6 nitrogen and oxygen atoms in total. The summed E-state index contributed by atoms with van der Waals surface area (Å²) in [6.07, 6.45) is 2.50. The van der Waals surface area contributed by atoms with Gasteiger partial charge < -0.3 is 16.7 Å². The first-order valence-electron chi connectivity index (χ1n) is 2.70. The fraction of sp³-hybridized carbons (Fsp3) is 0.600. The van der Waals surface area contributed by atoms with E-state index in [9.17, 15) is 0 Å². The molecule has 0 amide bonds. The van der Waals surface area contributed by atoms with Crippen molar-refractivity contribution in [1.82, 2.24) is 5.06 Å². The summed E-state index contributed by atoms with van der Waals surface area (Å²) in [4.78, 5) is 0. The number of hydrogen-bond acceptors (Lipinski definition) is 6. The zero-order valence-electron chi connectivity index (χ0n) is 6.65. The molecule has 0 radical (unpaired) electrons. The maximum atomic E-state index is 8.19. The first-order chi connectivity index (χ1) is 5.10. The number of nitriles is 2. The number of hydroxylamine groups is 2. The van der Waals surface area contributed by atoms with Crippen LogP contribution in [0, 0.1) is 22.9 Å². The molecule has 0 atom stereocenters. The summed E-state index contributed by atoms with van der Waals surface area (Å²) in [5.74, 6) is 0. The van der Waals surface area contributed by atoms with Gasteiger partial charge in [-0.25, -0.2) is 0 Å². The van der Waals surface area contributed by atoms with Gasteiger partial charge in [-0.3, -0.25) is 0 Å². The van der Waals surface area contributed by atoms with Crippen molar-refractivity contribution in [2.75, 3.05) is 13.6 Å². The van der Waals surface area contributed by atoms with Gasteiger partial charge in [0, 0.05) is 13.6 Å². The number of hydrogen-bond donors (Lipinski definition) is 3. The molecule has 0 fully saturated rings. The van der Waals surface area contributed by atoms with Crippen LogP contribution in [0.15, 0.2) is 0 Å². The van der Waals surface area contributed by atoms with Gasteiger partial charge >= 0.3 is 0 Å². The van der Waals surface area contributed by atoms with Crippen LogP contribution in [0.2, 0.25) is 0 Å². The second kappa shape index (κ2) is 23.6. The minimum atomic E-state index is 0.694. The van der Waals surface area contributed by atoms with Crippen LogP contribution in [-0.4, -0.2) is 23.9 Å². The molecule has 0 saturated carbocycles. The van der Waals surface area contributed by atoms with Gasteiger partial charge in [0.05, 0.1) is 0 Å². The monoisotopic (exact) mass is 159 g/mol. The molecule has 0 saturated heterocycles. The molecule has 0 aliphatic rings. The first kappa shape index (κ1) is 16.2. The Morgan fingerprint density at radius 2 is 1.45 bits per heavy atom. The van der Waals surface area contributed by atoms with Crippen molar-refractivity contribution in [3.8, 4) is 12.4 Å². The molecule has 11 heavy (non-hydrogen) atoms. The van der Waals surface area contributed by atoms with E-state index in [4.69, 9.17) is 15.7 Å². The van der Waals surface area contributed by atoms with E-state index in [1.165, 1.54) is 12.4 Å². The van der Waals surface area contributed by atoms with Crippen LogP contribution in [0.4, 0.5) is 0 Å². The summed E-state index contributed by atoms with van der Waals surface area (Å²) in [5.41, 5.74) is 8.31. The van der Waals surface area contributed by atoms with Gasteiger partial charge in [0.15, 0.2) is 12.4 Å². The highest BCUT2D eigenvalue weighted by molar-refractivity contribution is 4.47. The predicted octanol–water partition coefficient (Wildman–Crippen LogP) is -0.820. The molecular formula is C5H13N5O. The first-order valence-corrected chi connectivity index (χ1v) is 2.70. The van der Waals surface area contributed by atoms with Crippen LogP contribution in [0.25, 0.3) is 0 Å². The fourth-order valence-electron chi connectivity index (χ4n) is 0. The van der Waals surface area contributed by atoms with Gasteiger partial charge in [0.1, 0.15) is 0 Å². The Morgan fingerprint density at radius 3 is 1.45 bits per heavy atom. The lowest BCUT2D eigenvalue weighted by Crippen LogP contribution is -2.09. The Labute approximate surface area is 66.2 Å². The normalized spacial score (nSPS) is 5.64. The molecule has 0 aromatic rings. The average molecular weight is 159 g/mol. The summed E-state index contributed by atoms with van der Waals surface area (Å²) >= 11 is 0. The molecule has 0 aliphatic carbocycles. The highest BCUT2D eigenvalue weighted by Gasteiger charge is 1.74. The van der Waals surface area contributed by atoms with Crippen molar-refractivity contribution >= 4 is 0 Å². The third kappa shape index (κ3) is 1440. The number of nitrogens with zero attached hydrogens (tertiary/aromatic N) is 3. The van der Waals surface area contributed by atoms with E-state index >= 15 is 0 Å². The molecule has 0 rings (SSSR count). The SMILES string of the molecule is CCN(C)O.N#CN.N#CN. The van der Waals surface area contributed by atoms with Gasteiger partial charge in [-0.15, -0.1) is 0 Å². The Kier molecular flexibility index (Phi) is 34.9. The van der Waals surface area contributed by atoms with Crippen molar-refractivity contribution in [1.29, 1.82) is 10.5 Å². The lowest BCUT2D eigenvalue weighted by Gasteiger charge is -1.98. The standard InChI is InChI=1S/C3H9NO.2CH2N2/c1-3-4(2)5;2*2-1-3/h5H,3H2,1-2H3;2*2H2. The van der Waals surface area contributed by atoms with Gasteiger partial charge in [0.2, 0.25) is 0 Å². The van der Waals surface area contributed by atoms with Crippen molar-refractivity contribution < 1.29 is 5.21 Å². The summed E-state index contributed by atoms with van der Waals surface area (Å²) in [5, 5.41) is 23.5. The van der Waals surface area contributed by atoms with E-state index in [2.05, 4.69) is 11.5 Å². The van der Waals surface area contributed by atoms with Crippen molar-refractivity contribution in [3.05, 3.63) is 0 Å². The van der Waals surface area contributed by atoms with Crippen LogP contribution in [0.1, 0.15) is 6.92 Å². The molecule has 0 heterocycles. The summed E-state index contributed by atoms with van der Waals surface area (Å²) in [6.45, 7) is 2.57. The van der Waals surface area contributed by atoms with E-state index in [0.717, 1.165) is 5.06 Å². The third-order valence-corrected chi connectivity index (χ3v) is 0.458. The lowest BCUT2D eigenvalue weighted by molar-refractivity contribution is -0.0596. The van der Waals surface area contributed by atoms with Gasteiger partial charge in [-0.1, -0.05) is 6.92 Å². The molecule has 0 aliphatic heterocycles. The average Bonchev–Trinajstić information content (AvgIpc) is 1.91. The lowest BCUT2D eigenvalue weighted by atomic mass is 10.8. The van der Waals surface area contributed by atoms with Crippen LogP contribution in [0.3, 0.4) is 0 Å². The van der Waals surface area contributed by atoms with E-state index in [-0.39, 0.29) is 0 Å². The zero-order valence-corrected chi connectivity index (χ0v) is 6.65. The van der Waals surface area contributed by atoms with Crippen molar-refractivity contribution in [2.45, 2.75) is 6.92 Å². The molecule has 0 aromatic heterocycles. The maximum absolute atomic E-state index is 8.19. The summed E-state index contributed by atoms with van der Waals surface area (Å²) in [7, 11) is 1.61. The Hall–Kier alpha value is -1.50. The Morgan fingerprint density at radius 1 is 1.36 bits per heavy atom. The highest BCUT2D eigenvalue weighted by atomic mass is 16.5. The zero-order chi connectivity index (χ0) is 9.70. The van der Waals surface area contributed by atoms with E-state index in [1.54, 1.807) is 7.05 Å². The Balaban J connectivity index is -0.0000000933. The predicted molar refractivity (Wildman–Crippen MR) is 39.7 cm³/mol.